The van der Waals surface area contributed by atoms with Crippen LogP contribution in [0.25, 0.3) is 0 Å². The highest BCUT2D eigenvalue weighted by molar-refractivity contribution is 5.41. The molecule has 0 aromatic carbocycles. The lowest BCUT2D eigenvalue weighted by Gasteiger charge is -2.09. The van der Waals surface area contributed by atoms with E-state index in [-0.39, 0.29) is 0 Å². The summed E-state index contributed by atoms with van der Waals surface area (Å²) >= 11 is 0. The zero-order valence-electron chi connectivity index (χ0n) is 11.0. The Morgan fingerprint density at radius 3 is 3.11 bits per heavy atom. The van der Waals surface area contributed by atoms with Gasteiger partial charge in [0, 0.05) is 24.0 Å². The molecule has 1 N–H and O–H groups in total. The van der Waals surface area contributed by atoms with Crippen LogP contribution in [0.2, 0.25) is 0 Å². The van der Waals surface area contributed by atoms with Gasteiger partial charge in [-0.25, -0.2) is 9.97 Å². The number of rotatable bonds is 4. The molecular weight excluding hydrogens is 238 g/mol. The maximum Gasteiger partial charge on any atom is 0.218 e. The summed E-state index contributed by atoms with van der Waals surface area (Å²) in [5, 5.41) is 3.33. The molecule has 3 rings (SSSR count). The number of aromatic nitrogens is 2. The van der Waals surface area contributed by atoms with Crippen molar-refractivity contribution in [2.75, 3.05) is 12.4 Å². The molecule has 1 aliphatic rings. The van der Waals surface area contributed by atoms with Crippen molar-refractivity contribution >= 4 is 5.82 Å². The van der Waals surface area contributed by atoms with E-state index >= 15 is 0 Å². The summed E-state index contributed by atoms with van der Waals surface area (Å²) in [5.74, 6) is 1.59. The number of anilines is 1. The number of hydrogen-bond donors (Lipinski definition) is 1. The maximum atomic E-state index is 5.24. The Morgan fingerprint density at radius 2 is 2.21 bits per heavy atom. The van der Waals surface area contributed by atoms with E-state index in [1.807, 2.05) is 18.2 Å². The minimum Gasteiger partial charge on any atom is -0.481 e. The molecule has 4 nitrogen and oxygen atoms in total. The second-order valence-electron chi connectivity index (χ2n) is 4.68. The van der Waals surface area contributed by atoms with Gasteiger partial charge in [0.25, 0.3) is 0 Å². The first-order chi connectivity index (χ1) is 9.36. The van der Waals surface area contributed by atoms with Crippen LogP contribution in [0.15, 0.2) is 30.5 Å². The van der Waals surface area contributed by atoms with Crippen molar-refractivity contribution in [1.82, 2.24) is 9.97 Å². The highest BCUT2D eigenvalue weighted by atomic mass is 16.5. The van der Waals surface area contributed by atoms with Crippen molar-refractivity contribution < 1.29 is 4.74 Å². The summed E-state index contributed by atoms with van der Waals surface area (Å²) in [6.45, 7) is 0.669. The molecule has 1 aliphatic carbocycles. The van der Waals surface area contributed by atoms with E-state index in [9.17, 15) is 0 Å². The lowest BCUT2D eigenvalue weighted by atomic mass is 10.2. The zero-order chi connectivity index (χ0) is 13.1. The Kier molecular flexibility index (Phi) is 3.31. The van der Waals surface area contributed by atoms with E-state index in [1.54, 1.807) is 13.3 Å². The molecule has 0 bridgehead atoms. The van der Waals surface area contributed by atoms with Gasteiger partial charge in [0.2, 0.25) is 5.88 Å². The molecule has 0 amide bonds. The van der Waals surface area contributed by atoms with Crippen molar-refractivity contribution in [3.8, 4) is 5.88 Å². The van der Waals surface area contributed by atoms with Crippen molar-refractivity contribution in [3.63, 3.8) is 0 Å². The highest BCUT2D eigenvalue weighted by Gasteiger charge is 2.12. The molecule has 0 radical (unpaired) electrons. The number of methoxy groups -OCH3 is 1. The lowest BCUT2D eigenvalue weighted by Crippen LogP contribution is -2.05. The molecule has 19 heavy (non-hydrogen) atoms. The maximum absolute atomic E-state index is 5.24. The Hall–Kier alpha value is -2.10. The van der Waals surface area contributed by atoms with Crippen LogP contribution in [0.5, 0.6) is 5.88 Å². The fourth-order valence-corrected chi connectivity index (χ4v) is 2.45. The average Bonchev–Trinajstić information content (AvgIpc) is 2.93. The number of nitrogens with one attached hydrogen (secondary N) is 1. The van der Waals surface area contributed by atoms with Gasteiger partial charge in [-0.15, -0.1) is 0 Å². The highest BCUT2D eigenvalue weighted by Crippen LogP contribution is 2.22. The third kappa shape index (κ3) is 2.52. The number of ether oxygens (including phenoxy) is 1. The summed E-state index contributed by atoms with van der Waals surface area (Å²) in [7, 11) is 1.64. The molecule has 98 valence electrons. The van der Waals surface area contributed by atoms with Crippen LogP contribution in [-0.2, 0) is 19.4 Å². The molecule has 0 atom stereocenters. The molecule has 0 fully saturated rings. The summed E-state index contributed by atoms with van der Waals surface area (Å²) in [6.07, 6.45) is 5.22. The normalized spacial score (nSPS) is 13.1. The molecular formula is C15H17N3O. The Balaban J connectivity index is 1.72. The number of aryl methyl sites for hydroxylation is 2. The number of nitrogens with zero attached hydrogens (tertiary/aromatic N) is 2. The Morgan fingerprint density at radius 1 is 1.26 bits per heavy atom. The third-order valence-corrected chi connectivity index (χ3v) is 3.43. The zero-order valence-corrected chi connectivity index (χ0v) is 11.0. The molecule has 0 saturated carbocycles. The van der Waals surface area contributed by atoms with Crippen LogP contribution in [0.4, 0.5) is 5.82 Å². The predicted octanol–water partition coefficient (Wildman–Crippen LogP) is 2.59. The van der Waals surface area contributed by atoms with Gasteiger partial charge in [-0.3, -0.25) is 0 Å². The number of hydrogen-bond acceptors (Lipinski definition) is 4. The van der Waals surface area contributed by atoms with Gasteiger partial charge in [0.15, 0.2) is 0 Å². The van der Waals surface area contributed by atoms with Gasteiger partial charge in [-0.05, 0) is 37.0 Å². The summed E-state index contributed by atoms with van der Waals surface area (Å²) in [4.78, 5) is 8.84. The second-order valence-corrected chi connectivity index (χ2v) is 4.68. The van der Waals surface area contributed by atoms with Gasteiger partial charge in [0.05, 0.1) is 7.11 Å². The number of fused-ring (bicyclic) bond motifs is 1. The summed E-state index contributed by atoms with van der Waals surface area (Å²) in [5.41, 5.74) is 3.67. The predicted molar refractivity (Wildman–Crippen MR) is 74.4 cm³/mol. The van der Waals surface area contributed by atoms with Crippen molar-refractivity contribution in [1.29, 1.82) is 0 Å². The van der Waals surface area contributed by atoms with Gasteiger partial charge in [-0.2, -0.15) is 0 Å². The van der Waals surface area contributed by atoms with Gasteiger partial charge < -0.3 is 10.1 Å². The molecule has 2 aromatic heterocycles. The Labute approximate surface area is 112 Å². The Bertz CT molecular complexity index is 583. The van der Waals surface area contributed by atoms with Crippen LogP contribution >= 0.6 is 0 Å². The topological polar surface area (TPSA) is 47.0 Å². The van der Waals surface area contributed by atoms with Crippen molar-refractivity contribution in [2.24, 2.45) is 0 Å². The molecule has 0 aliphatic heterocycles. The molecule has 2 heterocycles. The first kappa shape index (κ1) is 12.0. The molecule has 0 unspecified atom stereocenters. The number of pyridine rings is 2. The minimum absolute atomic E-state index is 0.663. The monoisotopic (exact) mass is 255 g/mol. The first-order valence-corrected chi connectivity index (χ1v) is 6.57. The van der Waals surface area contributed by atoms with Gasteiger partial charge in [0.1, 0.15) is 5.82 Å². The second kappa shape index (κ2) is 5.26. The van der Waals surface area contributed by atoms with E-state index in [1.165, 1.54) is 24.1 Å². The fraction of sp³-hybridized carbons (Fsp3) is 0.333. The smallest absolute Gasteiger partial charge is 0.218 e. The van der Waals surface area contributed by atoms with E-state index in [2.05, 4.69) is 21.4 Å². The van der Waals surface area contributed by atoms with E-state index in [4.69, 9.17) is 4.74 Å². The quantitative estimate of drug-likeness (QED) is 0.912. The molecule has 0 saturated heterocycles. The average molecular weight is 255 g/mol. The van der Waals surface area contributed by atoms with Crippen molar-refractivity contribution in [3.05, 3.63) is 47.3 Å². The standard InChI is InChI=1S/C15H17N3O/c1-19-15-12(5-3-9-16-15)10-17-14-8-7-11-4-2-6-13(11)18-14/h3,5,7-9H,2,4,6,10H2,1H3,(H,17,18). The summed E-state index contributed by atoms with van der Waals surface area (Å²) < 4.78 is 5.24. The van der Waals surface area contributed by atoms with E-state index < -0.39 is 0 Å². The van der Waals surface area contributed by atoms with Crippen molar-refractivity contribution in [2.45, 2.75) is 25.8 Å². The summed E-state index contributed by atoms with van der Waals surface area (Å²) in [6, 6.07) is 8.15. The van der Waals surface area contributed by atoms with Crippen LogP contribution in [-0.4, -0.2) is 17.1 Å². The molecule has 2 aromatic rings. The lowest BCUT2D eigenvalue weighted by molar-refractivity contribution is 0.393. The van der Waals surface area contributed by atoms with Crippen LogP contribution in [0, 0.1) is 0 Å². The van der Waals surface area contributed by atoms with Crippen LogP contribution < -0.4 is 10.1 Å². The minimum atomic E-state index is 0.663. The van der Waals surface area contributed by atoms with E-state index in [0.29, 0.717) is 12.4 Å². The first-order valence-electron chi connectivity index (χ1n) is 6.57. The van der Waals surface area contributed by atoms with Crippen LogP contribution in [0.3, 0.4) is 0 Å². The third-order valence-electron chi connectivity index (χ3n) is 3.43. The molecule has 0 spiro atoms. The molecule has 4 heteroatoms. The fourth-order valence-electron chi connectivity index (χ4n) is 2.45. The van der Waals surface area contributed by atoms with Gasteiger partial charge in [-0.1, -0.05) is 12.1 Å². The largest absolute Gasteiger partial charge is 0.481 e. The van der Waals surface area contributed by atoms with E-state index in [0.717, 1.165) is 17.8 Å². The van der Waals surface area contributed by atoms with Gasteiger partial charge >= 0.3 is 0 Å². The van der Waals surface area contributed by atoms with Crippen LogP contribution in [0.1, 0.15) is 23.2 Å². The SMILES string of the molecule is COc1ncccc1CNc1ccc2c(n1)CCC2.